The molecule has 0 atom stereocenters. The van der Waals surface area contributed by atoms with Gasteiger partial charge in [-0.2, -0.15) is 0 Å². The molecule has 162 valence electrons. The molecular weight excluding hydrogens is 400 g/mol. The average molecular weight is 427 g/mol. The molecule has 3 heterocycles. The molecule has 0 aliphatic carbocycles. The van der Waals surface area contributed by atoms with Gasteiger partial charge in [0.2, 0.25) is 11.6 Å². The number of likely N-dealkylation sites (N-methyl/N-ethyl adjacent to an activating group) is 1. The molecule has 0 saturated carbocycles. The number of carbonyl (C=O) groups excluding carboxylic acids is 1. The molecule has 5 aromatic rings. The van der Waals surface area contributed by atoms with Crippen LogP contribution in [0.3, 0.4) is 0 Å². The zero-order valence-corrected chi connectivity index (χ0v) is 18.4. The highest BCUT2D eigenvalue weighted by Gasteiger charge is 2.27. The molecule has 0 spiro atoms. The predicted molar refractivity (Wildman–Crippen MR) is 126 cm³/mol. The van der Waals surface area contributed by atoms with Gasteiger partial charge in [-0.1, -0.05) is 56.3 Å². The molecule has 5 rings (SSSR count). The van der Waals surface area contributed by atoms with Crippen molar-refractivity contribution in [2.75, 3.05) is 19.6 Å². The Bertz CT molecular complexity index is 1360. The fraction of sp³-hybridized carbons (Fsp3) is 0.231. The molecule has 0 unspecified atom stereocenters. The summed E-state index contributed by atoms with van der Waals surface area (Å²) in [5.74, 6) is 0.907. The van der Waals surface area contributed by atoms with Gasteiger partial charge >= 0.3 is 0 Å². The smallest absolute Gasteiger partial charge is 0.247 e. The van der Waals surface area contributed by atoms with E-state index in [1.807, 2.05) is 52.9 Å². The minimum Gasteiger partial charge on any atom is -0.461 e. The molecule has 6 nitrogen and oxygen atoms in total. The van der Waals surface area contributed by atoms with Gasteiger partial charge < -0.3 is 13.9 Å². The monoisotopic (exact) mass is 426 g/mol. The van der Waals surface area contributed by atoms with E-state index >= 15 is 0 Å². The summed E-state index contributed by atoms with van der Waals surface area (Å²) >= 11 is 0. The Morgan fingerprint density at radius 3 is 2.34 bits per heavy atom. The number of fused-ring (bicyclic) bond motifs is 3. The fourth-order valence-electron chi connectivity index (χ4n) is 4.34. The third kappa shape index (κ3) is 3.33. The summed E-state index contributed by atoms with van der Waals surface area (Å²) in [7, 11) is 0. The molecular formula is C26H26N4O2. The molecule has 6 heteroatoms. The Morgan fingerprint density at radius 2 is 1.66 bits per heavy atom. The molecule has 0 saturated heterocycles. The van der Waals surface area contributed by atoms with Crippen LogP contribution >= 0.6 is 0 Å². The number of para-hydroxylation sites is 2. The van der Waals surface area contributed by atoms with Gasteiger partial charge in [0.1, 0.15) is 11.4 Å². The van der Waals surface area contributed by atoms with Gasteiger partial charge in [-0.25, -0.2) is 4.98 Å². The van der Waals surface area contributed by atoms with Crippen molar-refractivity contribution in [1.82, 2.24) is 18.9 Å². The number of furan rings is 1. The SMILES string of the molecule is CCN(CC)CCn1c2ccccc2n2c(C(=O)c3ccco3)c(-c3ccccc3)nc12. The first-order valence-corrected chi connectivity index (χ1v) is 11.1. The third-order valence-electron chi connectivity index (χ3n) is 6.06. The van der Waals surface area contributed by atoms with Crippen molar-refractivity contribution in [2.45, 2.75) is 20.4 Å². The van der Waals surface area contributed by atoms with Gasteiger partial charge in [0.15, 0.2) is 5.76 Å². The maximum Gasteiger partial charge on any atom is 0.247 e. The van der Waals surface area contributed by atoms with Crippen LogP contribution in [-0.4, -0.2) is 44.3 Å². The van der Waals surface area contributed by atoms with Gasteiger partial charge in [0.25, 0.3) is 0 Å². The average Bonchev–Trinajstić information content (AvgIpc) is 3.56. The van der Waals surface area contributed by atoms with Crippen molar-refractivity contribution in [1.29, 1.82) is 0 Å². The number of nitrogens with zero attached hydrogens (tertiary/aromatic N) is 4. The molecule has 0 aliphatic rings. The lowest BCUT2D eigenvalue weighted by atomic mass is 10.1. The van der Waals surface area contributed by atoms with Crippen molar-refractivity contribution in [3.8, 4) is 11.3 Å². The van der Waals surface area contributed by atoms with Crippen molar-refractivity contribution in [3.05, 3.63) is 84.4 Å². The molecule has 0 aliphatic heterocycles. The zero-order valence-electron chi connectivity index (χ0n) is 18.4. The van der Waals surface area contributed by atoms with E-state index in [-0.39, 0.29) is 5.78 Å². The minimum absolute atomic E-state index is 0.173. The largest absolute Gasteiger partial charge is 0.461 e. The Labute approximate surface area is 186 Å². The molecule has 0 radical (unpaired) electrons. The van der Waals surface area contributed by atoms with Crippen molar-refractivity contribution < 1.29 is 9.21 Å². The van der Waals surface area contributed by atoms with Crippen LogP contribution in [0.1, 0.15) is 30.1 Å². The number of hydrogen-bond donors (Lipinski definition) is 0. The molecule has 0 bridgehead atoms. The van der Waals surface area contributed by atoms with Crippen LogP contribution < -0.4 is 0 Å². The summed E-state index contributed by atoms with van der Waals surface area (Å²) in [6.07, 6.45) is 1.53. The highest BCUT2D eigenvalue weighted by Crippen LogP contribution is 2.31. The van der Waals surface area contributed by atoms with Crippen LogP contribution in [-0.2, 0) is 6.54 Å². The highest BCUT2D eigenvalue weighted by atomic mass is 16.3. The lowest BCUT2D eigenvalue weighted by Crippen LogP contribution is -2.27. The lowest BCUT2D eigenvalue weighted by molar-refractivity contribution is 0.100. The standard InChI is InChI=1S/C26H26N4O2/c1-3-28(4-2)16-17-29-20-13-8-9-14-21(20)30-24(25(31)22-15-10-18-32-22)23(27-26(29)30)19-11-6-5-7-12-19/h5-15,18H,3-4,16-17H2,1-2H3. The van der Waals surface area contributed by atoms with Gasteiger partial charge in [0, 0.05) is 18.7 Å². The number of hydrogen-bond acceptors (Lipinski definition) is 4. The van der Waals surface area contributed by atoms with E-state index in [0.29, 0.717) is 17.1 Å². The number of rotatable bonds is 8. The highest BCUT2D eigenvalue weighted by molar-refractivity contribution is 6.11. The van der Waals surface area contributed by atoms with E-state index in [4.69, 9.17) is 9.40 Å². The number of aromatic nitrogens is 3. The Morgan fingerprint density at radius 1 is 0.938 bits per heavy atom. The summed E-state index contributed by atoms with van der Waals surface area (Å²) in [6.45, 7) is 8.05. The number of benzene rings is 2. The summed E-state index contributed by atoms with van der Waals surface area (Å²) in [5, 5.41) is 0. The number of carbonyl (C=O) groups is 1. The minimum atomic E-state index is -0.173. The van der Waals surface area contributed by atoms with Crippen LogP contribution in [0.5, 0.6) is 0 Å². The van der Waals surface area contributed by atoms with Crippen molar-refractivity contribution >= 4 is 22.6 Å². The van der Waals surface area contributed by atoms with Gasteiger partial charge in [-0.05, 0) is 37.4 Å². The maximum absolute atomic E-state index is 13.6. The van der Waals surface area contributed by atoms with Gasteiger partial charge in [0.05, 0.1) is 17.3 Å². The summed E-state index contributed by atoms with van der Waals surface area (Å²) in [5.41, 5.74) is 4.13. The number of imidazole rings is 2. The second kappa shape index (κ2) is 8.48. The first-order valence-electron chi connectivity index (χ1n) is 11.1. The molecule has 0 amide bonds. The fourth-order valence-corrected chi connectivity index (χ4v) is 4.34. The first-order chi connectivity index (χ1) is 15.7. The van der Waals surface area contributed by atoms with E-state index in [2.05, 4.69) is 29.4 Å². The van der Waals surface area contributed by atoms with E-state index in [0.717, 1.165) is 48.6 Å². The van der Waals surface area contributed by atoms with Crippen LogP contribution in [0.4, 0.5) is 0 Å². The second-order valence-electron chi connectivity index (χ2n) is 7.78. The summed E-state index contributed by atoms with van der Waals surface area (Å²) in [4.78, 5) is 21.0. The molecule has 0 N–H and O–H groups in total. The van der Waals surface area contributed by atoms with Crippen molar-refractivity contribution in [3.63, 3.8) is 0 Å². The van der Waals surface area contributed by atoms with Crippen molar-refractivity contribution in [2.24, 2.45) is 0 Å². The second-order valence-corrected chi connectivity index (χ2v) is 7.78. The third-order valence-corrected chi connectivity index (χ3v) is 6.06. The maximum atomic E-state index is 13.6. The normalized spacial score (nSPS) is 11.7. The summed E-state index contributed by atoms with van der Waals surface area (Å²) in [6, 6.07) is 21.5. The Kier molecular flexibility index (Phi) is 5.37. The van der Waals surface area contributed by atoms with Crippen LogP contribution in [0.25, 0.3) is 28.1 Å². The van der Waals surface area contributed by atoms with E-state index < -0.39 is 0 Å². The van der Waals surface area contributed by atoms with E-state index in [1.165, 1.54) is 6.26 Å². The van der Waals surface area contributed by atoms with E-state index in [1.54, 1.807) is 12.1 Å². The number of ketones is 1. The van der Waals surface area contributed by atoms with Crippen LogP contribution in [0.2, 0.25) is 0 Å². The molecule has 2 aromatic carbocycles. The summed E-state index contributed by atoms with van der Waals surface area (Å²) < 4.78 is 9.69. The van der Waals surface area contributed by atoms with Gasteiger partial charge in [-0.15, -0.1) is 0 Å². The predicted octanol–water partition coefficient (Wildman–Crippen LogP) is 5.12. The quantitative estimate of drug-likeness (QED) is 0.323. The lowest BCUT2D eigenvalue weighted by Gasteiger charge is -2.18. The Balaban J connectivity index is 1.78. The topological polar surface area (TPSA) is 55.7 Å². The molecule has 32 heavy (non-hydrogen) atoms. The first kappa shape index (κ1) is 20.3. The Hall–Kier alpha value is -3.64. The zero-order chi connectivity index (χ0) is 22.1. The van der Waals surface area contributed by atoms with Gasteiger partial charge in [-0.3, -0.25) is 9.20 Å². The van der Waals surface area contributed by atoms with E-state index in [9.17, 15) is 4.79 Å². The molecule has 0 fully saturated rings. The molecule has 3 aromatic heterocycles. The van der Waals surface area contributed by atoms with Crippen LogP contribution in [0, 0.1) is 0 Å². The van der Waals surface area contributed by atoms with Crippen LogP contribution in [0.15, 0.2) is 77.4 Å².